The van der Waals surface area contributed by atoms with E-state index in [0.29, 0.717) is 5.13 Å². The number of nitrogens with zero attached hydrogens (tertiary/aromatic N) is 1. The van der Waals surface area contributed by atoms with Gasteiger partial charge in [0.15, 0.2) is 5.13 Å². The molecule has 0 radical (unpaired) electrons. The van der Waals surface area contributed by atoms with Crippen molar-refractivity contribution in [2.45, 2.75) is 18.1 Å². The van der Waals surface area contributed by atoms with Gasteiger partial charge in [-0.1, -0.05) is 11.3 Å². The average molecular weight is 316 g/mol. The van der Waals surface area contributed by atoms with Crippen molar-refractivity contribution < 1.29 is 14.4 Å². The summed E-state index contributed by atoms with van der Waals surface area (Å²) < 4.78 is 1.04. The van der Waals surface area contributed by atoms with Crippen LogP contribution in [0.5, 0.6) is 0 Å². The van der Waals surface area contributed by atoms with Gasteiger partial charge in [0.2, 0.25) is 17.7 Å². The molecule has 0 aliphatic heterocycles. The van der Waals surface area contributed by atoms with E-state index in [1.165, 1.54) is 18.3 Å². The first-order valence-corrected chi connectivity index (χ1v) is 7.79. The number of rotatable bonds is 6. The maximum atomic E-state index is 11.6. The van der Waals surface area contributed by atoms with Crippen molar-refractivity contribution in [2.24, 2.45) is 0 Å². The zero-order valence-electron chi connectivity index (χ0n) is 11.4. The van der Waals surface area contributed by atoms with Crippen molar-refractivity contribution in [3.8, 4) is 0 Å². The van der Waals surface area contributed by atoms with Gasteiger partial charge >= 0.3 is 0 Å². The van der Waals surface area contributed by atoms with Crippen LogP contribution in [0.15, 0.2) is 4.21 Å². The molecule has 0 unspecified atom stereocenters. The second-order valence-electron chi connectivity index (χ2n) is 3.83. The Morgan fingerprint density at radius 1 is 1.20 bits per heavy atom. The van der Waals surface area contributed by atoms with Crippen LogP contribution < -0.4 is 16.0 Å². The monoisotopic (exact) mass is 316 g/mol. The Labute approximate surface area is 124 Å². The van der Waals surface area contributed by atoms with Gasteiger partial charge in [-0.25, -0.2) is 4.98 Å². The Hall–Kier alpha value is -1.61. The number of aromatic nitrogens is 1. The number of hydrogen-bond acceptors (Lipinski definition) is 6. The van der Waals surface area contributed by atoms with Crippen LogP contribution >= 0.6 is 23.1 Å². The Morgan fingerprint density at radius 2 is 1.85 bits per heavy atom. The number of aryl methyl sites for hydroxylation is 1. The minimum atomic E-state index is -0.421. The first kappa shape index (κ1) is 16.4. The van der Waals surface area contributed by atoms with Crippen molar-refractivity contribution in [1.29, 1.82) is 0 Å². The molecule has 0 saturated heterocycles. The summed E-state index contributed by atoms with van der Waals surface area (Å²) in [6.45, 7) is 2.88. The third-order valence-corrected chi connectivity index (χ3v) is 4.41. The molecule has 1 aromatic heterocycles. The van der Waals surface area contributed by atoms with E-state index in [0.717, 1.165) is 9.90 Å². The maximum Gasteiger partial charge on any atom is 0.245 e. The van der Waals surface area contributed by atoms with Crippen LogP contribution in [0, 0.1) is 6.92 Å². The Balaban J connectivity index is 2.36. The fourth-order valence-electron chi connectivity index (χ4n) is 1.23. The molecule has 9 heteroatoms. The highest BCUT2D eigenvalue weighted by atomic mass is 32.2. The highest BCUT2D eigenvalue weighted by Gasteiger charge is 2.10. The lowest BCUT2D eigenvalue weighted by Crippen LogP contribution is -2.39. The highest BCUT2D eigenvalue weighted by molar-refractivity contribution is 8.00. The van der Waals surface area contributed by atoms with Crippen molar-refractivity contribution in [3.05, 3.63) is 5.69 Å². The van der Waals surface area contributed by atoms with E-state index in [-0.39, 0.29) is 24.9 Å². The van der Waals surface area contributed by atoms with Gasteiger partial charge in [0.25, 0.3) is 0 Å². The third-order valence-electron chi connectivity index (χ3n) is 2.13. The summed E-state index contributed by atoms with van der Waals surface area (Å²) in [5, 5.41) is 7.86. The zero-order valence-corrected chi connectivity index (χ0v) is 13.0. The van der Waals surface area contributed by atoms with Crippen LogP contribution in [0.3, 0.4) is 0 Å². The predicted octanol–water partition coefficient (Wildman–Crippen LogP) is 0.364. The van der Waals surface area contributed by atoms with Gasteiger partial charge in [-0.05, 0) is 13.2 Å². The van der Waals surface area contributed by atoms with E-state index in [4.69, 9.17) is 0 Å². The summed E-state index contributed by atoms with van der Waals surface area (Å²) >= 11 is 2.95. The normalized spacial score (nSPS) is 9.95. The maximum absolute atomic E-state index is 11.6. The standard InChI is InChI=1S/C11H16N4O3S2/c1-6-10(19-3)20-11(14-6)15-9(18)5-13-8(17)4-12-7(2)16/h4-5H2,1-3H3,(H,12,16)(H,13,17)(H,14,15,18). The number of nitrogens with one attached hydrogen (secondary N) is 3. The van der Waals surface area contributed by atoms with Gasteiger partial charge in [-0.15, -0.1) is 11.8 Å². The molecule has 0 bridgehead atoms. The zero-order chi connectivity index (χ0) is 15.1. The molecule has 110 valence electrons. The number of thioether (sulfide) groups is 1. The van der Waals surface area contributed by atoms with E-state index in [9.17, 15) is 14.4 Å². The summed E-state index contributed by atoms with van der Waals surface area (Å²) in [7, 11) is 0. The summed E-state index contributed by atoms with van der Waals surface area (Å²) in [5.74, 6) is -1.08. The van der Waals surface area contributed by atoms with Crippen LogP contribution in [0.2, 0.25) is 0 Å². The van der Waals surface area contributed by atoms with Crippen molar-refractivity contribution in [3.63, 3.8) is 0 Å². The van der Waals surface area contributed by atoms with E-state index < -0.39 is 5.91 Å². The highest BCUT2D eigenvalue weighted by Crippen LogP contribution is 2.29. The predicted molar refractivity (Wildman–Crippen MR) is 79.0 cm³/mol. The van der Waals surface area contributed by atoms with Crippen molar-refractivity contribution >= 4 is 46.0 Å². The molecule has 3 N–H and O–H groups in total. The molecule has 0 atom stereocenters. The van der Waals surface area contributed by atoms with Gasteiger partial charge in [0.1, 0.15) is 0 Å². The quantitative estimate of drug-likeness (QED) is 0.658. The summed E-state index contributed by atoms with van der Waals surface area (Å²) in [5.41, 5.74) is 0.868. The van der Waals surface area contributed by atoms with Gasteiger partial charge < -0.3 is 16.0 Å². The number of hydrogen-bond donors (Lipinski definition) is 3. The minimum Gasteiger partial charge on any atom is -0.347 e. The second-order valence-corrected chi connectivity index (χ2v) is 5.90. The lowest BCUT2D eigenvalue weighted by atomic mass is 10.5. The van der Waals surface area contributed by atoms with Crippen LogP contribution in [0.4, 0.5) is 5.13 Å². The van der Waals surface area contributed by atoms with Crippen LogP contribution in [-0.2, 0) is 14.4 Å². The molecule has 1 rings (SSSR count). The van der Waals surface area contributed by atoms with Gasteiger partial charge in [0.05, 0.1) is 23.0 Å². The van der Waals surface area contributed by atoms with Gasteiger partial charge in [0, 0.05) is 6.92 Å². The first-order valence-electron chi connectivity index (χ1n) is 5.74. The fourth-order valence-corrected chi connectivity index (χ4v) is 2.86. The number of thiazole rings is 1. The molecule has 1 aromatic rings. The summed E-state index contributed by atoms with van der Waals surface area (Å²) in [6.07, 6.45) is 1.94. The van der Waals surface area contributed by atoms with E-state index >= 15 is 0 Å². The first-order chi connectivity index (χ1) is 9.42. The lowest BCUT2D eigenvalue weighted by Gasteiger charge is -2.05. The number of anilines is 1. The Kier molecular flexibility index (Phi) is 6.46. The Bertz CT molecular complexity index is 516. The molecule has 20 heavy (non-hydrogen) atoms. The van der Waals surface area contributed by atoms with Crippen molar-refractivity contribution in [1.82, 2.24) is 15.6 Å². The van der Waals surface area contributed by atoms with Crippen molar-refractivity contribution in [2.75, 3.05) is 24.7 Å². The number of amides is 3. The molecule has 0 aromatic carbocycles. The number of carbonyl (C=O) groups excluding carboxylic acids is 3. The summed E-state index contributed by atoms with van der Waals surface area (Å²) in [6, 6.07) is 0. The van der Waals surface area contributed by atoms with E-state index in [1.807, 2.05) is 13.2 Å². The number of carbonyl (C=O) groups is 3. The molecule has 3 amide bonds. The van der Waals surface area contributed by atoms with E-state index in [1.54, 1.807) is 11.8 Å². The molecular weight excluding hydrogens is 300 g/mol. The summed E-state index contributed by atoms with van der Waals surface area (Å²) in [4.78, 5) is 37.7. The Morgan fingerprint density at radius 3 is 2.40 bits per heavy atom. The molecule has 7 nitrogen and oxygen atoms in total. The molecular formula is C11H16N4O3S2. The molecule has 0 aliphatic carbocycles. The lowest BCUT2D eigenvalue weighted by molar-refractivity contribution is -0.126. The third kappa shape index (κ3) is 5.57. The van der Waals surface area contributed by atoms with Crippen LogP contribution in [0.25, 0.3) is 0 Å². The molecule has 0 spiro atoms. The van der Waals surface area contributed by atoms with Gasteiger partial charge in [-0.3, -0.25) is 14.4 Å². The van der Waals surface area contributed by atoms with Crippen LogP contribution in [-0.4, -0.2) is 42.1 Å². The molecule has 0 fully saturated rings. The van der Waals surface area contributed by atoms with E-state index in [2.05, 4.69) is 20.9 Å². The smallest absolute Gasteiger partial charge is 0.245 e. The van der Waals surface area contributed by atoms with Crippen LogP contribution in [0.1, 0.15) is 12.6 Å². The molecule has 0 saturated carbocycles. The largest absolute Gasteiger partial charge is 0.347 e. The minimum absolute atomic E-state index is 0.143. The van der Waals surface area contributed by atoms with Gasteiger partial charge in [-0.2, -0.15) is 0 Å². The molecule has 0 aliphatic rings. The SMILES string of the molecule is CSc1sc(NC(=O)CNC(=O)CNC(C)=O)nc1C. The second kappa shape index (κ2) is 7.85. The molecule has 1 heterocycles. The average Bonchev–Trinajstić information content (AvgIpc) is 2.73. The fraction of sp³-hybridized carbons (Fsp3) is 0.455. The topological polar surface area (TPSA) is 100 Å².